The van der Waals surface area contributed by atoms with Crippen molar-refractivity contribution in [1.82, 2.24) is 0 Å². The topological polar surface area (TPSA) is 46.5 Å². The fraction of sp³-hybridized carbons (Fsp3) is 0.682. The van der Waals surface area contributed by atoms with Crippen molar-refractivity contribution >= 4 is 5.97 Å². The third-order valence-electron chi connectivity index (χ3n) is 3.93. The summed E-state index contributed by atoms with van der Waals surface area (Å²) in [6, 6.07) is 0. The minimum Gasteiger partial charge on any atom is -0.466 e. The second kappa shape index (κ2) is 19.0. The summed E-state index contributed by atoms with van der Waals surface area (Å²) in [7, 11) is 0. The molecule has 25 heavy (non-hydrogen) atoms. The van der Waals surface area contributed by atoms with E-state index in [0.717, 1.165) is 44.9 Å². The van der Waals surface area contributed by atoms with Gasteiger partial charge in [-0.25, -0.2) is 0 Å². The van der Waals surface area contributed by atoms with Crippen molar-refractivity contribution in [2.24, 2.45) is 0 Å². The quantitative estimate of drug-likeness (QED) is 0.163. The van der Waals surface area contributed by atoms with E-state index >= 15 is 0 Å². The largest absolute Gasteiger partial charge is 0.466 e. The van der Waals surface area contributed by atoms with Crippen molar-refractivity contribution in [1.29, 1.82) is 0 Å². The van der Waals surface area contributed by atoms with Crippen molar-refractivity contribution in [3.8, 4) is 0 Å². The third-order valence-corrected chi connectivity index (χ3v) is 3.93. The zero-order chi connectivity index (χ0) is 18.6. The lowest BCUT2D eigenvalue weighted by Crippen LogP contribution is -2.02. The summed E-state index contributed by atoms with van der Waals surface area (Å²) < 4.78 is 4.90. The highest BCUT2D eigenvalue weighted by atomic mass is 16.5. The summed E-state index contributed by atoms with van der Waals surface area (Å²) in [5.41, 5.74) is 0. The number of esters is 1. The van der Waals surface area contributed by atoms with E-state index in [1.54, 1.807) is 0 Å². The van der Waals surface area contributed by atoms with Gasteiger partial charge >= 0.3 is 5.97 Å². The highest BCUT2D eigenvalue weighted by molar-refractivity contribution is 5.69. The van der Waals surface area contributed by atoms with Crippen LogP contribution in [0.5, 0.6) is 0 Å². The molecule has 0 aromatic carbocycles. The molecule has 144 valence electrons. The highest BCUT2D eigenvalue weighted by Gasteiger charge is 2.00. The van der Waals surface area contributed by atoms with Crippen molar-refractivity contribution in [3.05, 3.63) is 36.5 Å². The number of unbranched alkanes of at least 4 members (excludes halogenated alkanes) is 6. The van der Waals surface area contributed by atoms with E-state index < -0.39 is 0 Å². The van der Waals surface area contributed by atoms with Crippen LogP contribution in [0.15, 0.2) is 36.5 Å². The summed E-state index contributed by atoms with van der Waals surface area (Å²) in [5.74, 6) is -0.0725. The van der Waals surface area contributed by atoms with E-state index in [1.165, 1.54) is 19.3 Å². The maximum Gasteiger partial charge on any atom is 0.305 e. The lowest BCUT2D eigenvalue weighted by Gasteiger charge is -2.02. The summed E-state index contributed by atoms with van der Waals surface area (Å²) >= 11 is 0. The molecule has 3 heteroatoms. The number of carbonyl (C=O) groups excluding carboxylic acids is 1. The SMILES string of the molecule is CCCCC[C@H](O)/C=C/C=C\C/C=C\CCCCCCC(=O)OCC. The van der Waals surface area contributed by atoms with E-state index in [4.69, 9.17) is 4.74 Å². The van der Waals surface area contributed by atoms with Gasteiger partial charge in [-0.2, -0.15) is 0 Å². The molecular formula is C22H38O3. The van der Waals surface area contributed by atoms with Gasteiger partial charge in [0.05, 0.1) is 12.7 Å². The molecule has 0 amide bonds. The zero-order valence-corrected chi connectivity index (χ0v) is 16.3. The van der Waals surface area contributed by atoms with E-state index in [9.17, 15) is 9.90 Å². The fourth-order valence-electron chi connectivity index (χ4n) is 2.46. The maximum atomic E-state index is 11.2. The van der Waals surface area contributed by atoms with Crippen LogP contribution in [0.2, 0.25) is 0 Å². The van der Waals surface area contributed by atoms with Gasteiger partial charge in [0.15, 0.2) is 0 Å². The molecule has 0 radical (unpaired) electrons. The first kappa shape index (κ1) is 23.6. The van der Waals surface area contributed by atoms with Gasteiger partial charge in [0.1, 0.15) is 0 Å². The maximum absolute atomic E-state index is 11.2. The number of aliphatic hydroxyl groups is 1. The van der Waals surface area contributed by atoms with Crippen molar-refractivity contribution in [2.45, 2.75) is 90.6 Å². The Hall–Kier alpha value is -1.35. The van der Waals surface area contributed by atoms with Crippen LogP contribution in [-0.4, -0.2) is 23.8 Å². The van der Waals surface area contributed by atoms with Gasteiger partial charge in [-0.3, -0.25) is 4.79 Å². The van der Waals surface area contributed by atoms with E-state index in [2.05, 4.69) is 25.2 Å². The minimum atomic E-state index is -0.310. The lowest BCUT2D eigenvalue weighted by atomic mass is 10.1. The van der Waals surface area contributed by atoms with Gasteiger partial charge in [0.25, 0.3) is 0 Å². The standard InChI is InChI=1S/C22H38O3/c1-3-5-15-18-21(23)19-16-13-11-9-7-6-8-10-12-14-17-20-22(24)25-4-2/h6-7,11,13,16,19,21,23H,3-5,8-10,12,14-15,17-18,20H2,1-2H3/b7-6-,13-11-,19-16+/t21-/m0/s1. The first-order valence-electron chi connectivity index (χ1n) is 10.0. The molecular weight excluding hydrogens is 312 g/mol. The average molecular weight is 351 g/mol. The Kier molecular flexibility index (Phi) is 18.0. The Labute approximate surface area is 154 Å². The molecule has 0 aliphatic carbocycles. The van der Waals surface area contributed by atoms with E-state index in [-0.39, 0.29) is 12.1 Å². The first-order valence-corrected chi connectivity index (χ1v) is 10.0. The highest BCUT2D eigenvalue weighted by Crippen LogP contribution is 2.07. The molecule has 0 aromatic heterocycles. The zero-order valence-electron chi connectivity index (χ0n) is 16.3. The van der Waals surface area contributed by atoms with Crippen LogP contribution in [0.25, 0.3) is 0 Å². The van der Waals surface area contributed by atoms with Crippen LogP contribution in [0.3, 0.4) is 0 Å². The monoisotopic (exact) mass is 350 g/mol. The van der Waals surface area contributed by atoms with Gasteiger partial charge in [0.2, 0.25) is 0 Å². The number of rotatable bonds is 16. The molecule has 0 aliphatic rings. The molecule has 0 heterocycles. The third kappa shape index (κ3) is 18.8. The number of hydrogen-bond acceptors (Lipinski definition) is 3. The number of hydrogen-bond donors (Lipinski definition) is 1. The minimum absolute atomic E-state index is 0.0725. The molecule has 0 aromatic rings. The van der Waals surface area contributed by atoms with Crippen LogP contribution in [-0.2, 0) is 9.53 Å². The molecule has 0 fully saturated rings. The van der Waals surface area contributed by atoms with Crippen LogP contribution in [0, 0.1) is 0 Å². The Morgan fingerprint density at radius 3 is 2.52 bits per heavy atom. The first-order chi connectivity index (χ1) is 12.2. The molecule has 0 saturated heterocycles. The molecule has 1 atom stereocenters. The van der Waals surface area contributed by atoms with Crippen LogP contribution < -0.4 is 0 Å². The summed E-state index contributed by atoms with van der Waals surface area (Å²) in [5, 5.41) is 9.73. The molecule has 0 spiro atoms. The summed E-state index contributed by atoms with van der Waals surface area (Å²) in [6.45, 7) is 4.49. The Morgan fingerprint density at radius 1 is 0.960 bits per heavy atom. The van der Waals surface area contributed by atoms with Gasteiger partial charge in [0, 0.05) is 6.42 Å². The molecule has 0 saturated carbocycles. The second-order valence-corrected chi connectivity index (χ2v) is 6.34. The van der Waals surface area contributed by atoms with Gasteiger partial charge in [-0.15, -0.1) is 0 Å². The van der Waals surface area contributed by atoms with Crippen LogP contribution in [0.4, 0.5) is 0 Å². The number of ether oxygens (including phenoxy) is 1. The van der Waals surface area contributed by atoms with Gasteiger partial charge in [-0.05, 0) is 39.0 Å². The lowest BCUT2D eigenvalue weighted by molar-refractivity contribution is -0.143. The van der Waals surface area contributed by atoms with Crippen LogP contribution in [0.1, 0.15) is 84.5 Å². The molecule has 0 aliphatic heterocycles. The molecule has 1 N–H and O–H groups in total. The normalized spacial score (nSPS) is 13.2. The van der Waals surface area contributed by atoms with Gasteiger partial charge < -0.3 is 9.84 Å². The number of aliphatic hydroxyl groups excluding tert-OH is 1. The van der Waals surface area contributed by atoms with E-state index in [0.29, 0.717) is 13.0 Å². The van der Waals surface area contributed by atoms with E-state index in [1.807, 2.05) is 25.2 Å². The molecule has 3 nitrogen and oxygen atoms in total. The smallest absolute Gasteiger partial charge is 0.305 e. The molecule has 0 rings (SSSR count). The van der Waals surface area contributed by atoms with Crippen LogP contribution >= 0.6 is 0 Å². The molecule has 0 unspecified atom stereocenters. The second-order valence-electron chi connectivity index (χ2n) is 6.34. The predicted octanol–water partition coefficient (Wildman–Crippen LogP) is 5.89. The Morgan fingerprint density at radius 2 is 1.76 bits per heavy atom. The van der Waals surface area contributed by atoms with Crippen molar-refractivity contribution in [2.75, 3.05) is 6.61 Å². The Bertz CT molecular complexity index is 383. The summed E-state index contributed by atoms with van der Waals surface area (Å²) in [6.07, 6.45) is 23.3. The number of carbonyl (C=O) groups is 1. The number of allylic oxidation sites excluding steroid dienone is 5. The summed E-state index contributed by atoms with van der Waals surface area (Å²) in [4.78, 5) is 11.2. The van der Waals surface area contributed by atoms with Gasteiger partial charge in [-0.1, -0.05) is 75.5 Å². The molecule has 0 bridgehead atoms. The fourth-order valence-corrected chi connectivity index (χ4v) is 2.46. The average Bonchev–Trinajstić information content (AvgIpc) is 2.59. The van der Waals surface area contributed by atoms with Crippen molar-refractivity contribution in [3.63, 3.8) is 0 Å². The predicted molar refractivity (Wildman–Crippen MR) is 107 cm³/mol. The Balaban J connectivity index is 3.46. The van der Waals surface area contributed by atoms with Crippen molar-refractivity contribution < 1.29 is 14.6 Å².